The van der Waals surface area contributed by atoms with Crippen molar-refractivity contribution in [2.24, 2.45) is 0 Å². The summed E-state index contributed by atoms with van der Waals surface area (Å²) in [6.07, 6.45) is 0. The monoisotopic (exact) mass is 262 g/mol. The van der Waals surface area contributed by atoms with Crippen molar-refractivity contribution in [3.05, 3.63) is 27.8 Å². The van der Waals surface area contributed by atoms with Gasteiger partial charge in [0.1, 0.15) is 5.82 Å². The summed E-state index contributed by atoms with van der Waals surface area (Å²) in [5.74, 6) is -0.234. The Bertz CT molecular complexity index is 436. The van der Waals surface area contributed by atoms with Gasteiger partial charge in [0, 0.05) is 24.8 Å². The van der Waals surface area contributed by atoms with Gasteiger partial charge in [0.05, 0.1) is 0 Å². The highest BCUT2D eigenvalue weighted by molar-refractivity contribution is 9.10. The fourth-order valence-corrected chi connectivity index (χ4v) is 3.37. The lowest BCUT2D eigenvalue weighted by Crippen LogP contribution is -1.74. The highest BCUT2D eigenvalue weighted by Gasteiger charge is 2.06. The molecule has 0 saturated heterocycles. The average Bonchev–Trinajstić information content (AvgIpc) is 2.31. The van der Waals surface area contributed by atoms with Crippen LogP contribution in [0.15, 0.2) is 26.9 Å². The van der Waals surface area contributed by atoms with E-state index in [0.717, 1.165) is 14.6 Å². The second-order valence-electron chi connectivity index (χ2n) is 2.38. The Hall–Kier alpha value is -0.0600. The standard InChI is InChI=1S/C8H4BrFS2/c9-5-3-12-7-2-4(10)1-6(11)8(5)7/h1-3,11H. The lowest BCUT2D eigenvalue weighted by atomic mass is 10.2. The van der Waals surface area contributed by atoms with E-state index in [0.29, 0.717) is 4.90 Å². The van der Waals surface area contributed by atoms with Gasteiger partial charge in [-0.25, -0.2) is 4.39 Å². The number of thiophene rings is 1. The molecule has 1 heterocycles. The SMILES string of the molecule is Fc1cc(S)c2c(Br)csc2c1. The molecule has 0 bridgehead atoms. The molecule has 0 nitrogen and oxygen atoms in total. The Morgan fingerprint density at radius 2 is 2.17 bits per heavy atom. The zero-order chi connectivity index (χ0) is 8.72. The molecule has 0 saturated carbocycles. The van der Waals surface area contributed by atoms with Crippen molar-refractivity contribution < 1.29 is 4.39 Å². The quantitative estimate of drug-likeness (QED) is 0.680. The summed E-state index contributed by atoms with van der Waals surface area (Å²) >= 11 is 9.08. The van der Waals surface area contributed by atoms with E-state index in [4.69, 9.17) is 0 Å². The molecular formula is C8H4BrFS2. The molecule has 0 aliphatic carbocycles. The van der Waals surface area contributed by atoms with Crippen molar-refractivity contribution in [3.63, 3.8) is 0 Å². The van der Waals surface area contributed by atoms with Gasteiger partial charge in [-0.1, -0.05) is 0 Å². The third-order valence-corrected chi connectivity index (χ3v) is 3.78. The second-order valence-corrected chi connectivity index (χ2v) is 4.63. The number of fused-ring (bicyclic) bond motifs is 1. The van der Waals surface area contributed by atoms with Crippen molar-refractivity contribution >= 4 is 50.0 Å². The summed E-state index contributed by atoms with van der Waals surface area (Å²) in [5.41, 5.74) is 0. The predicted octanol–water partition coefficient (Wildman–Crippen LogP) is 4.09. The van der Waals surface area contributed by atoms with Crippen LogP contribution in [0.5, 0.6) is 0 Å². The number of halogens is 2. The van der Waals surface area contributed by atoms with E-state index in [-0.39, 0.29) is 5.82 Å². The van der Waals surface area contributed by atoms with Crippen molar-refractivity contribution in [1.82, 2.24) is 0 Å². The van der Waals surface area contributed by atoms with Crippen LogP contribution in [0.25, 0.3) is 10.1 Å². The average molecular weight is 263 g/mol. The second kappa shape index (κ2) is 3.01. The summed E-state index contributed by atoms with van der Waals surface area (Å²) < 4.78 is 14.8. The molecule has 0 unspecified atom stereocenters. The van der Waals surface area contributed by atoms with Crippen LogP contribution in [-0.2, 0) is 0 Å². The van der Waals surface area contributed by atoms with Crippen LogP contribution in [0.1, 0.15) is 0 Å². The van der Waals surface area contributed by atoms with Gasteiger partial charge in [0.25, 0.3) is 0 Å². The molecule has 1 aromatic carbocycles. The van der Waals surface area contributed by atoms with Gasteiger partial charge < -0.3 is 0 Å². The van der Waals surface area contributed by atoms with Gasteiger partial charge in [-0.15, -0.1) is 24.0 Å². The van der Waals surface area contributed by atoms with E-state index < -0.39 is 0 Å². The van der Waals surface area contributed by atoms with Crippen molar-refractivity contribution in [1.29, 1.82) is 0 Å². The first-order chi connectivity index (χ1) is 5.68. The van der Waals surface area contributed by atoms with Gasteiger partial charge in [0.15, 0.2) is 0 Å². The maximum Gasteiger partial charge on any atom is 0.125 e. The van der Waals surface area contributed by atoms with E-state index >= 15 is 0 Å². The molecule has 2 rings (SSSR count). The Kier molecular flexibility index (Phi) is 2.14. The van der Waals surface area contributed by atoms with Crippen LogP contribution in [0.3, 0.4) is 0 Å². The fourth-order valence-electron chi connectivity index (χ4n) is 1.08. The molecular weight excluding hydrogens is 259 g/mol. The lowest BCUT2D eigenvalue weighted by molar-refractivity contribution is 0.627. The summed E-state index contributed by atoms with van der Waals surface area (Å²) in [5, 5.41) is 2.92. The largest absolute Gasteiger partial charge is 0.207 e. The zero-order valence-electron chi connectivity index (χ0n) is 5.84. The first-order valence-corrected chi connectivity index (χ1v) is 5.35. The lowest BCUT2D eigenvalue weighted by Gasteiger charge is -1.95. The van der Waals surface area contributed by atoms with Crippen LogP contribution in [0.2, 0.25) is 0 Å². The van der Waals surface area contributed by atoms with Gasteiger partial charge in [-0.05, 0) is 28.1 Å². The molecule has 4 heteroatoms. The van der Waals surface area contributed by atoms with E-state index in [9.17, 15) is 4.39 Å². The topological polar surface area (TPSA) is 0 Å². The minimum atomic E-state index is -0.234. The molecule has 0 fully saturated rings. The Balaban J connectivity index is 2.93. The number of hydrogen-bond donors (Lipinski definition) is 1. The molecule has 0 atom stereocenters. The molecule has 2 aromatic rings. The third kappa shape index (κ3) is 1.28. The molecule has 0 aliphatic rings. The van der Waals surface area contributed by atoms with Gasteiger partial charge in [-0.3, -0.25) is 0 Å². The smallest absolute Gasteiger partial charge is 0.125 e. The van der Waals surface area contributed by atoms with Crippen LogP contribution in [-0.4, -0.2) is 0 Å². The van der Waals surface area contributed by atoms with Crippen LogP contribution >= 0.6 is 39.9 Å². The Labute approximate surface area is 86.9 Å². The van der Waals surface area contributed by atoms with Crippen molar-refractivity contribution in [3.8, 4) is 0 Å². The van der Waals surface area contributed by atoms with E-state index in [1.54, 1.807) is 0 Å². The first kappa shape index (κ1) is 8.53. The van der Waals surface area contributed by atoms with Crippen LogP contribution < -0.4 is 0 Å². The normalized spacial score (nSPS) is 10.9. The number of thiol groups is 1. The molecule has 0 spiro atoms. The zero-order valence-corrected chi connectivity index (χ0v) is 9.14. The molecule has 0 amide bonds. The Morgan fingerprint density at radius 1 is 1.42 bits per heavy atom. The van der Waals surface area contributed by atoms with E-state index in [2.05, 4.69) is 28.6 Å². The van der Waals surface area contributed by atoms with E-state index in [1.807, 2.05) is 5.38 Å². The number of hydrogen-bond acceptors (Lipinski definition) is 2. The van der Waals surface area contributed by atoms with Gasteiger partial charge in [0.2, 0.25) is 0 Å². The molecule has 12 heavy (non-hydrogen) atoms. The summed E-state index contributed by atoms with van der Waals surface area (Å²) in [7, 11) is 0. The number of rotatable bonds is 0. The van der Waals surface area contributed by atoms with Crippen molar-refractivity contribution in [2.75, 3.05) is 0 Å². The van der Waals surface area contributed by atoms with Crippen LogP contribution in [0.4, 0.5) is 4.39 Å². The number of benzene rings is 1. The minimum absolute atomic E-state index is 0.234. The van der Waals surface area contributed by atoms with Gasteiger partial charge in [-0.2, -0.15) is 0 Å². The molecule has 1 aromatic heterocycles. The predicted molar refractivity (Wildman–Crippen MR) is 56.7 cm³/mol. The highest BCUT2D eigenvalue weighted by atomic mass is 79.9. The third-order valence-electron chi connectivity index (χ3n) is 1.57. The van der Waals surface area contributed by atoms with Crippen LogP contribution in [0, 0.1) is 5.82 Å². The minimum Gasteiger partial charge on any atom is -0.207 e. The van der Waals surface area contributed by atoms with Gasteiger partial charge >= 0.3 is 0 Å². The maximum atomic E-state index is 12.8. The molecule has 62 valence electrons. The fraction of sp³-hybridized carbons (Fsp3) is 0. The summed E-state index contributed by atoms with van der Waals surface area (Å²) in [6.45, 7) is 0. The molecule has 0 N–H and O–H groups in total. The highest BCUT2D eigenvalue weighted by Crippen LogP contribution is 2.35. The van der Waals surface area contributed by atoms with Crippen molar-refractivity contribution in [2.45, 2.75) is 4.90 Å². The maximum absolute atomic E-state index is 12.8. The first-order valence-electron chi connectivity index (χ1n) is 3.23. The summed E-state index contributed by atoms with van der Waals surface area (Å²) in [4.78, 5) is 0.679. The van der Waals surface area contributed by atoms with E-state index in [1.165, 1.54) is 23.5 Å². The summed E-state index contributed by atoms with van der Waals surface area (Å²) in [6, 6.07) is 2.94. The Morgan fingerprint density at radius 3 is 2.92 bits per heavy atom. The molecule has 0 radical (unpaired) electrons. The molecule has 0 aliphatic heterocycles.